The summed E-state index contributed by atoms with van der Waals surface area (Å²) in [5.74, 6) is 0. The Bertz CT molecular complexity index is 338. The number of hydrogen-bond donors (Lipinski definition) is 2. The summed E-state index contributed by atoms with van der Waals surface area (Å²) in [5, 5.41) is 5.61. The monoisotopic (exact) mass is 246 g/mol. The van der Waals surface area contributed by atoms with Gasteiger partial charge in [0.1, 0.15) is 0 Å². The van der Waals surface area contributed by atoms with Crippen molar-refractivity contribution in [3.8, 4) is 0 Å². The van der Waals surface area contributed by atoms with Gasteiger partial charge >= 0.3 is 6.03 Å². The molecular weight excluding hydrogens is 232 g/mol. The number of halogens is 1. The third-order valence-electron chi connectivity index (χ3n) is 1.79. The van der Waals surface area contributed by atoms with Gasteiger partial charge in [0, 0.05) is 10.9 Å². The predicted octanol–water partition coefficient (Wildman–Crippen LogP) is 3.17. The number of rotatable bonds is 3. The number of amides is 2. The molecule has 5 heteroatoms. The molecule has 0 spiro atoms. The van der Waals surface area contributed by atoms with Crippen LogP contribution in [0.15, 0.2) is 12.1 Å². The van der Waals surface area contributed by atoms with Crippen LogP contribution in [-0.2, 0) is 0 Å². The van der Waals surface area contributed by atoms with Crippen LogP contribution in [-0.4, -0.2) is 12.1 Å². The van der Waals surface area contributed by atoms with Crippen molar-refractivity contribution >= 4 is 29.0 Å². The highest BCUT2D eigenvalue weighted by molar-refractivity contribution is 7.16. The highest BCUT2D eigenvalue weighted by Crippen LogP contribution is 2.26. The number of carbonyl (C=O) groups excluding carboxylic acids is 1. The molecule has 0 radical (unpaired) electrons. The summed E-state index contributed by atoms with van der Waals surface area (Å²) in [4.78, 5) is 12.4. The van der Waals surface area contributed by atoms with Crippen LogP contribution in [0.25, 0.3) is 0 Å². The maximum atomic E-state index is 11.4. The van der Waals surface area contributed by atoms with Crippen molar-refractivity contribution in [1.82, 2.24) is 10.6 Å². The highest BCUT2D eigenvalue weighted by atomic mass is 35.5. The van der Waals surface area contributed by atoms with Crippen molar-refractivity contribution in [3.05, 3.63) is 21.3 Å². The maximum absolute atomic E-state index is 11.4. The number of hydrogen-bond acceptors (Lipinski definition) is 2. The molecule has 0 bridgehead atoms. The average Bonchev–Trinajstić information content (AvgIpc) is 2.49. The van der Waals surface area contributed by atoms with Gasteiger partial charge in [0.15, 0.2) is 0 Å². The smallest absolute Gasteiger partial charge is 0.315 e. The zero-order chi connectivity index (χ0) is 11.4. The molecule has 0 saturated heterocycles. The van der Waals surface area contributed by atoms with E-state index in [1.54, 1.807) is 0 Å². The van der Waals surface area contributed by atoms with Gasteiger partial charge in [-0.3, -0.25) is 0 Å². The summed E-state index contributed by atoms with van der Waals surface area (Å²) in [6, 6.07) is 3.74. The lowest BCUT2D eigenvalue weighted by Crippen LogP contribution is -2.40. The first-order chi connectivity index (χ1) is 6.99. The van der Waals surface area contributed by atoms with Crippen LogP contribution in [0, 0.1) is 0 Å². The van der Waals surface area contributed by atoms with Gasteiger partial charge in [0.2, 0.25) is 0 Å². The lowest BCUT2D eigenvalue weighted by molar-refractivity contribution is 0.235. The van der Waals surface area contributed by atoms with E-state index in [2.05, 4.69) is 10.6 Å². The van der Waals surface area contributed by atoms with E-state index in [4.69, 9.17) is 11.6 Å². The lowest BCUT2D eigenvalue weighted by Gasteiger charge is -2.14. The number of carbonyl (C=O) groups is 1. The first-order valence-electron chi connectivity index (χ1n) is 4.81. The largest absolute Gasteiger partial charge is 0.336 e. The van der Waals surface area contributed by atoms with Crippen molar-refractivity contribution in [2.24, 2.45) is 0 Å². The molecule has 0 aliphatic rings. The van der Waals surface area contributed by atoms with Gasteiger partial charge in [-0.05, 0) is 32.9 Å². The molecule has 1 rings (SSSR count). The normalized spacial score (nSPS) is 12.6. The molecule has 0 saturated carbocycles. The Kier molecular flexibility index (Phi) is 4.42. The SMILES string of the molecule is CC(C)NC(=O)NC(C)c1ccc(Cl)s1. The standard InChI is InChI=1S/C10H15ClN2OS/c1-6(2)12-10(14)13-7(3)8-4-5-9(11)15-8/h4-7H,1-3H3,(H2,12,13,14). The van der Waals surface area contributed by atoms with Crippen molar-refractivity contribution in [3.63, 3.8) is 0 Å². The molecule has 1 aromatic heterocycles. The van der Waals surface area contributed by atoms with Crippen LogP contribution in [0.3, 0.4) is 0 Å². The van der Waals surface area contributed by atoms with Crippen LogP contribution in [0.5, 0.6) is 0 Å². The molecule has 3 nitrogen and oxygen atoms in total. The molecule has 1 aromatic rings. The van der Waals surface area contributed by atoms with Crippen LogP contribution in [0.1, 0.15) is 31.7 Å². The Morgan fingerprint density at radius 2 is 2.00 bits per heavy atom. The number of urea groups is 1. The van der Waals surface area contributed by atoms with E-state index < -0.39 is 0 Å². The zero-order valence-corrected chi connectivity index (χ0v) is 10.6. The number of nitrogens with one attached hydrogen (secondary N) is 2. The third kappa shape index (κ3) is 4.10. The van der Waals surface area contributed by atoms with Crippen molar-refractivity contribution < 1.29 is 4.79 Å². The fourth-order valence-corrected chi connectivity index (χ4v) is 2.20. The predicted molar refractivity (Wildman–Crippen MR) is 64.5 cm³/mol. The zero-order valence-electron chi connectivity index (χ0n) is 9.00. The fraction of sp³-hybridized carbons (Fsp3) is 0.500. The summed E-state index contributed by atoms with van der Waals surface area (Å²) >= 11 is 7.30. The molecule has 2 N–H and O–H groups in total. The van der Waals surface area contributed by atoms with Crippen LogP contribution in [0.4, 0.5) is 4.79 Å². The molecular formula is C10H15ClN2OS. The first-order valence-corrected chi connectivity index (χ1v) is 6.00. The molecule has 0 aliphatic heterocycles. The van der Waals surface area contributed by atoms with E-state index in [-0.39, 0.29) is 18.1 Å². The Hall–Kier alpha value is -0.740. The Morgan fingerprint density at radius 3 is 2.47 bits per heavy atom. The minimum absolute atomic E-state index is 0.0127. The Balaban J connectivity index is 2.48. The van der Waals surface area contributed by atoms with Crippen molar-refractivity contribution in [2.45, 2.75) is 32.9 Å². The third-order valence-corrected chi connectivity index (χ3v) is 3.20. The summed E-state index contributed by atoms with van der Waals surface area (Å²) in [6.07, 6.45) is 0. The molecule has 0 fully saturated rings. The van der Waals surface area contributed by atoms with Gasteiger partial charge in [-0.1, -0.05) is 11.6 Å². The van der Waals surface area contributed by atoms with Gasteiger partial charge in [-0.15, -0.1) is 11.3 Å². The van der Waals surface area contributed by atoms with Crippen LogP contribution in [0.2, 0.25) is 4.34 Å². The Morgan fingerprint density at radius 1 is 1.33 bits per heavy atom. The molecule has 1 unspecified atom stereocenters. The van der Waals surface area contributed by atoms with E-state index >= 15 is 0 Å². The molecule has 0 aromatic carbocycles. The summed E-state index contributed by atoms with van der Waals surface area (Å²) < 4.78 is 0.739. The van der Waals surface area contributed by atoms with Crippen molar-refractivity contribution in [1.29, 1.82) is 0 Å². The Labute approximate surface area is 98.8 Å². The molecule has 1 atom stereocenters. The van der Waals surface area contributed by atoms with E-state index in [0.29, 0.717) is 0 Å². The molecule has 1 heterocycles. The fourth-order valence-electron chi connectivity index (χ4n) is 1.13. The van der Waals surface area contributed by atoms with Gasteiger partial charge in [-0.2, -0.15) is 0 Å². The second kappa shape index (κ2) is 5.37. The van der Waals surface area contributed by atoms with E-state index in [9.17, 15) is 4.79 Å². The minimum Gasteiger partial charge on any atom is -0.336 e. The van der Waals surface area contributed by atoms with E-state index in [1.165, 1.54) is 11.3 Å². The summed E-state index contributed by atoms with van der Waals surface area (Å²) in [7, 11) is 0. The second-order valence-electron chi connectivity index (χ2n) is 3.64. The van der Waals surface area contributed by atoms with Gasteiger partial charge < -0.3 is 10.6 Å². The van der Waals surface area contributed by atoms with E-state index in [0.717, 1.165) is 9.21 Å². The van der Waals surface area contributed by atoms with Crippen LogP contribution < -0.4 is 10.6 Å². The van der Waals surface area contributed by atoms with E-state index in [1.807, 2.05) is 32.9 Å². The first kappa shape index (κ1) is 12.3. The summed E-state index contributed by atoms with van der Waals surface area (Å²) in [5.41, 5.74) is 0. The maximum Gasteiger partial charge on any atom is 0.315 e. The van der Waals surface area contributed by atoms with Gasteiger partial charge in [0.05, 0.1) is 10.4 Å². The second-order valence-corrected chi connectivity index (χ2v) is 5.38. The molecule has 84 valence electrons. The molecule has 0 aliphatic carbocycles. The summed E-state index contributed by atoms with van der Waals surface area (Å²) in [6.45, 7) is 5.78. The number of thiophene rings is 1. The topological polar surface area (TPSA) is 41.1 Å². The molecule has 2 amide bonds. The minimum atomic E-state index is -0.151. The van der Waals surface area contributed by atoms with Crippen LogP contribution >= 0.6 is 22.9 Å². The molecule has 15 heavy (non-hydrogen) atoms. The van der Waals surface area contributed by atoms with Gasteiger partial charge in [0.25, 0.3) is 0 Å². The lowest BCUT2D eigenvalue weighted by atomic mass is 10.3. The quantitative estimate of drug-likeness (QED) is 0.845. The van der Waals surface area contributed by atoms with Crippen molar-refractivity contribution in [2.75, 3.05) is 0 Å². The highest BCUT2D eigenvalue weighted by Gasteiger charge is 2.11. The van der Waals surface area contributed by atoms with Gasteiger partial charge in [-0.25, -0.2) is 4.79 Å². The average molecular weight is 247 g/mol.